The molecule has 0 fully saturated rings. The third kappa shape index (κ3) is 1.75. The molecule has 0 radical (unpaired) electrons. The van der Waals surface area contributed by atoms with E-state index < -0.39 is 17.4 Å². The van der Waals surface area contributed by atoms with Crippen molar-refractivity contribution < 1.29 is 18.3 Å². The second-order valence-electron chi connectivity index (χ2n) is 2.53. The molecule has 0 aliphatic rings. The Morgan fingerprint density at radius 1 is 1.21 bits per heavy atom. The number of methoxy groups -OCH3 is 2. The molecular formula is C9H9ClF2O2. The lowest BCUT2D eigenvalue weighted by atomic mass is 10.2. The van der Waals surface area contributed by atoms with Gasteiger partial charge in [0.05, 0.1) is 20.1 Å². The van der Waals surface area contributed by atoms with Crippen molar-refractivity contribution in [2.75, 3.05) is 14.2 Å². The summed E-state index contributed by atoms with van der Waals surface area (Å²) in [6, 6.07) is 1.21. The van der Waals surface area contributed by atoms with Crippen LogP contribution in [0.25, 0.3) is 0 Å². The Hall–Kier alpha value is -1.03. The van der Waals surface area contributed by atoms with Crippen molar-refractivity contribution in [2.45, 2.75) is 5.88 Å². The molecule has 0 aliphatic heterocycles. The van der Waals surface area contributed by atoms with Crippen LogP contribution in [-0.4, -0.2) is 14.2 Å². The van der Waals surface area contributed by atoms with Crippen molar-refractivity contribution in [3.05, 3.63) is 23.3 Å². The first-order valence-corrected chi connectivity index (χ1v) is 4.34. The van der Waals surface area contributed by atoms with E-state index in [0.717, 1.165) is 0 Å². The first-order valence-electron chi connectivity index (χ1n) is 3.80. The van der Waals surface area contributed by atoms with Gasteiger partial charge >= 0.3 is 0 Å². The molecule has 0 atom stereocenters. The number of ether oxygens (including phenoxy) is 2. The largest absolute Gasteiger partial charge is 0.494 e. The van der Waals surface area contributed by atoms with Gasteiger partial charge in [-0.25, -0.2) is 4.39 Å². The number of alkyl halides is 1. The molecule has 0 aliphatic carbocycles. The predicted octanol–water partition coefficient (Wildman–Crippen LogP) is 2.72. The minimum atomic E-state index is -0.860. The Labute approximate surface area is 85.4 Å². The van der Waals surface area contributed by atoms with Gasteiger partial charge in [-0.05, 0) is 6.07 Å². The first kappa shape index (κ1) is 11.0. The molecule has 0 bridgehead atoms. The highest BCUT2D eigenvalue weighted by molar-refractivity contribution is 6.17. The van der Waals surface area contributed by atoms with Crippen molar-refractivity contribution in [3.63, 3.8) is 0 Å². The lowest BCUT2D eigenvalue weighted by Gasteiger charge is -2.10. The van der Waals surface area contributed by atoms with Crippen LogP contribution in [0, 0.1) is 11.6 Å². The van der Waals surface area contributed by atoms with Crippen LogP contribution in [-0.2, 0) is 5.88 Å². The molecule has 78 valence electrons. The zero-order valence-electron chi connectivity index (χ0n) is 7.73. The van der Waals surface area contributed by atoms with Crippen molar-refractivity contribution in [2.24, 2.45) is 0 Å². The molecule has 1 aromatic carbocycles. The van der Waals surface area contributed by atoms with E-state index in [1.54, 1.807) is 0 Å². The normalized spacial score (nSPS) is 10.1. The molecule has 14 heavy (non-hydrogen) atoms. The van der Waals surface area contributed by atoms with Crippen molar-refractivity contribution in [3.8, 4) is 11.5 Å². The highest BCUT2D eigenvalue weighted by Crippen LogP contribution is 2.32. The molecule has 0 N–H and O–H groups in total. The van der Waals surface area contributed by atoms with Gasteiger partial charge in [-0.15, -0.1) is 11.6 Å². The number of rotatable bonds is 3. The SMILES string of the molecule is COc1cc(CCl)c(F)c(OC)c1F. The molecule has 0 amide bonds. The fraction of sp³-hybridized carbons (Fsp3) is 0.333. The van der Waals surface area contributed by atoms with Gasteiger partial charge in [0.2, 0.25) is 5.82 Å². The minimum Gasteiger partial charge on any atom is -0.494 e. The van der Waals surface area contributed by atoms with Crippen LogP contribution in [0.1, 0.15) is 5.56 Å². The molecule has 0 saturated carbocycles. The maximum absolute atomic E-state index is 13.3. The van der Waals surface area contributed by atoms with Crippen molar-refractivity contribution in [1.82, 2.24) is 0 Å². The number of hydrogen-bond donors (Lipinski definition) is 0. The van der Waals surface area contributed by atoms with Gasteiger partial charge in [0.25, 0.3) is 0 Å². The summed E-state index contributed by atoms with van der Waals surface area (Å²) in [7, 11) is 2.46. The lowest BCUT2D eigenvalue weighted by Crippen LogP contribution is -2.00. The average molecular weight is 223 g/mol. The van der Waals surface area contributed by atoms with Gasteiger partial charge in [0.15, 0.2) is 17.3 Å². The van der Waals surface area contributed by atoms with Crippen LogP contribution in [0.2, 0.25) is 0 Å². The Kier molecular flexibility index (Phi) is 3.52. The summed E-state index contributed by atoms with van der Waals surface area (Å²) in [5.74, 6) is -2.28. The van der Waals surface area contributed by atoms with Gasteiger partial charge in [0.1, 0.15) is 0 Å². The molecule has 5 heteroatoms. The molecular weight excluding hydrogens is 214 g/mol. The van der Waals surface area contributed by atoms with Gasteiger partial charge < -0.3 is 9.47 Å². The molecule has 0 saturated heterocycles. The topological polar surface area (TPSA) is 18.5 Å². The van der Waals surface area contributed by atoms with E-state index in [4.69, 9.17) is 16.3 Å². The minimum absolute atomic E-state index is 0.0706. The van der Waals surface area contributed by atoms with Crippen LogP contribution in [0.5, 0.6) is 11.5 Å². The smallest absolute Gasteiger partial charge is 0.209 e. The van der Waals surface area contributed by atoms with E-state index in [1.807, 2.05) is 0 Å². The second-order valence-corrected chi connectivity index (χ2v) is 2.80. The van der Waals surface area contributed by atoms with Gasteiger partial charge in [0, 0.05) is 5.56 Å². The summed E-state index contributed by atoms with van der Waals surface area (Å²) in [4.78, 5) is 0. The van der Waals surface area contributed by atoms with E-state index >= 15 is 0 Å². The van der Waals surface area contributed by atoms with Crippen molar-refractivity contribution >= 4 is 11.6 Å². The monoisotopic (exact) mass is 222 g/mol. The van der Waals surface area contributed by atoms with E-state index in [1.165, 1.54) is 20.3 Å². The molecule has 0 spiro atoms. The summed E-state index contributed by atoms with van der Waals surface area (Å²) in [5.41, 5.74) is 0.141. The maximum atomic E-state index is 13.3. The summed E-state index contributed by atoms with van der Waals surface area (Å²) >= 11 is 5.47. The molecule has 0 aromatic heterocycles. The summed E-state index contributed by atoms with van der Waals surface area (Å²) < 4.78 is 35.9. The lowest BCUT2D eigenvalue weighted by molar-refractivity contribution is 0.332. The third-order valence-electron chi connectivity index (χ3n) is 1.77. The maximum Gasteiger partial charge on any atom is 0.209 e. The molecule has 1 aromatic rings. The third-order valence-corrected chi connectivity index (χ3v) is 2.06. The Balaban J connectivity index is 3.39. The number of halogens is 3. The average Bonchev–Trinajstić information content (AvgIpc) is 2.19. The second kappa shape index (κ2) is 4.46. The van der Waals surface area contributed by atoms with E-state index in [0.29, 0.717) is 0 Å². The fourth-order valence-corrected chi connectivity index (χ4v) is 1.26. The number of benzene rings is 1. The highest BCUT2D eigenvalue weighted by atomic mass is 35.5. The van der Waals surface area contributed by atoms with E-state index in [2.05, 4.69) is 4.74 Å². The fourth-order valence-electron chi connectivity index (χ4n) is 1.06. The highest BCUT2D eigenvalue weighted by Gasteiger charge is 2.19. The molecule has 0 unspecified atom stereocenters. The Bertz CT molecular complexity index is 314. The standard InChI is InChI=1S/C9H9ClF2O2/c1-13-6-3-5(4-10)7(11)9(14-2)8(6)12/h3H,4H2,1-2H3. The van der Waals surface area contributed by atoms with Crippen LogP contribution < -0.4 is 9.47 Å². The number of hydrogen-bond acceptors (Lipinski definition) is 2. The predicted molar refractivity (Wildman–Crippen MR) is 49.0 cm³/mol. The van der Waals surface area contributed by atoms with Gasteiger partial charge in [-0.2, -0.15) is 4.39 Å². The van der Waals surface area contributed by atoms with E-state index in [-0.39, 0.29) is 17.2 Å². The van der Waals surface area contributed by atoms with Crippen LogP contribution in [0.3, 0.4) is 0 Å². The van der Waals surface area contributed by atoms with Crippen LogP contribution >= 0.6 is 11.6 Å². The summed E-state index contributed by atoms with van der Waals surface area (Å²) in [6.07, 6.45) is 0. The van der Waals surface area contributed by atoms with Crippen molar-refractivity contribution in [1.29, 1.82) is 0 Å². The van der Waals surface area contributed by atoms with Gasteiger partial charge in [-0.3, -0.25) is 0 Å². The molecule has 1 rings (SSSR count). The zero-order chi connectivity index (χ0) is 10.7. The van der Waals surface area contributed by atoms with E-state index in [9.17, 15) is 8.78 Å². The Morgan fingerprint density at radius 3 is 2.29 bits per heavy atom. The zero-order valence-corrected chi connectivity index (χ0v) is 8.49. The quantitative estimate of drug-likeness (QED) is 0.733. The van der Waals surface area contributed by atoms with Crippen LogP contribution in [0.15, 0.2) is 6.07 Å². The Morgan fingerprint density at radius 2 is 1.86 bits per heavy atom. The summed E-state index contributed by atoms with van der Waals surface area (Å²) in [6.45, 7) is 0. The first-order chi connectivity index (χ1) is 6.65. The molecule has 2 nitrogen and oxygen atoms in total. The summed E-state index contributed by atoms with van der Waals surface area (Å²) in [5, 5.41) is 0. The van der Waals surface area contributed by atoms with Crippen LogP contribution in [0.4, 0.5) is 8.78 Å². The molecule has 0 heterocycles. The van der Waals surface area contributed by atoms with Gasteiger partial charge in [-0.1, -0.05) is 0 Å².